The molecule has 2 nitrogen and oxygen atoms in total. The van der Waals surface area contributed by atoms with E-state index in [0.717, 1.165) is 13.1 Å². The summed E-state index contributed by atoms with van der Waals surface area (Å²) in [5.41, 5.74) is 2.52. The maximum atomic E-state index is 3.43. The molecule has 0 saturated carbocycles. The van der Waals surface area contributed by atoms with Crippen molar-refractivity contribution < 1.29 is 0 Å². The van der Waals surface area contributed by atoms with Crippen molar-refractivity contribution in [3.05, 3.63) is 29.8 Å². The van der Waals surface area contributed by atoms with Crippen molar-refractivity contribution >= 4 is 5.69 Å². The Morgan fingerprint density at radius 3 is 2.67 bits per heavy atom. The minimum absolute atomic E-state index is 0.615. The Labute approximate surface area is 93.3 Å². The minimum Gasteiger partial charge on any atom is -0.384 e. The van der Waals surface area contributed by atoms with Crippen LogP contribution in [0, 0.1) is 6.92 Å². The highest BCUT2D eigenvalue weighted by Crippen LogP contribution is 2.08. The maximum absolute atomic E-state index is 3.43. The molecule has 2 heteroatoms. The van der Waals surface area contributed by atoms with E-state index in [9.17, 15) is 0 Å². The number of hydrogen-bond donors (Lipinski definition) is 1. The van der Waals surface area contributed by atoms with Crippen LogP contribution in [0.2, 0.25) is 0 Å². The van der Waals surface area contributed by atoms with Gasteiger partial charge in [-0.1, -0.05) is 12.1 Å². The molecule has 0 spiro atoms. The Kier molecular flexibility index (Phi) is 4.63. The second-order valence-electron chi connectivity index (χ2n) is 4.37. The molecular weight excluding hydrogens is 184 g/mol. The van der Waals surface area contributed by atoms with Gasteiger partial charge in [-0.15, -0.1) is 0 Å². The summed E-state index contributed by atoms with van der Waals surface area (Å²) in [4.78, 5) is 2.34. The third-order valence-electron chi connectivity index (χ3n) is 2.69. The molecule has 0 saturated heterocycles. The van der Waals surface area contributed by atoms with E-state index in [-0.39, 0.29) is 0 Å². The Morgan fingerprint density at radius 2 is 2.07 bits per heavy atom. The predicted molar refractivity (Wildman–Crippen MR) is 67.4 cm³/mol. The largest absolute Gasteiger partial charge is 0.384 e. The number of hydrogen-bond acceptors (Lipinski definition) is 2. The lowest BCUT2D eigenvalue weighted by molar-refractivity contribution is 0.284. The second kappa shape index (κ2) is 5.76. The fourth-order valence-corrected chi connectivity index (χ4v) is 1.39. The fourth-order valence-electron chi connectivity index (χ4n) is 1.39. The number of nitrogens with zero attached hydrogens (tertiary/aromatic N) is 1. The van der Waals surface area contributed by atoms with Crippen LogP contribution in [0.5, 0.6) is 0 Å². The van der Waals surface area contributed by atoms with E-state index in [1.807, 2.05) is 0 Å². The molecule has 0 aromatic heterocycles. The van der Waals surface area contributed by atoms with Gasteiger partial charge in [0.15, 0.2) is 0 Å². The van der Waals surface area contributed by atoms with Crippen molar-refractivity contribution in [2.45, 2.75) is 26.8 Å². The molecule has 84 valence electrons. The highest BCUT2D eigenvalue weighted by atomic mass is 15.1. The molecule has 0 amide bonds. The van der Waals surface area contributed by atoms with Gasteiger partial charge in [0.2, 0.25) is 0 Å². The molecule has 1 aromatic rings. The highest BCUT2D eigenvalue weighted by molar-refractivity contribution is 5.45. The third kappa shape index (κ3) is 4.34. The average Bonchev–Trinajstić information content (AvgIpc) is 2.17. The van der Waals surface area contributed by atoms with E-state index in [4.69, 9.17) is 0 Å². The summed E-state index contributed by atoms with van der Waals surface area (Å²) in [6.07, 6.45) is 0. The molecule has 0 radical (unpaired) electrons. The standard InChI is InChI=1S/C13H22N2/c1-11(2)15(4)9-8-14-13-7-5-6-12(3)10-13/h5-7,10-11,14H,8-9H2,1-4H3. The Balaban J connectivity index is 2.32. The van der Waals surface area contributed by atoms with Gasteiger partial charge in [0.25, 0.3) is 0 Å². The molecule has 0 aliphatic carbocycles. The van der Waals surface area contributed by atoms with Crippen LogP contribution >= 0.6 is 0 Å². The normalized spacial score (nSPS) is 11.1. The zero-order chi connectivity index (χ0) is 11.3. The van der Waals surface area contributed by atoms with Gasteiger partial charge in [-0.25, -0.2) is 0 Å². The molecule has 0 aliphatic heterocycles. The summed E-state index contributed by atoms with van der Waals surface area (Å²) in [7, 11) is 2.16. The number of nitrogens with one attached hydrogen (secondary N) is 1. The number of anilines is 1. The number of aryl methyl sites for hydroxylation is 1. The molecule has 0 bridgehead atoms. The molecule has 1 N–H and O–H groups in total. The first-order valence-corrected chi connectivity index (χ1v) is 5.60. The summed E-state index contributed by atoms with van der Waals surface area (Å²) in [6.45, 7) is 8.62. The van der Waals surface area contributed by atoms with Crippen LogP contribution in [0.3, 0.4) is 0 Å². The monoisotopic (exact) mass is 206 g/mol. The second-order valence-corrected chi connectivity index (χ2v) is 4.37. The van der Waals surface area contributed by atoms with Gasteiger partial charge < -0.3 is 10.2 Å². The summed E-state index contributed by atoms with van der Waals surface area (Å²) >= 11 is 0. The van der Waals surface area contributed by atoms with Gasteiger partial charge in [0, 0.05) is 24.8 Å². The van der Waals surface area contributed by atoms with Crippen molar-refractivity contribution in [3.63, 3.8) is 0 Å². The molecule has 0 atom stereocenters. The van der Waals surface area contributed by atoms with Crippen molar-refractivity contribution in [1.82, 2.24) is 4.90 Å². The zero-order valence-corrected chi connectivity index (χ0v) is 10.2. The van der Waals surface area contributed by atoms with Crippen molar-refractivity contribution in [2.24, 2.45) is 0 Å². The van der Waals surface area contributed by atoms with Gasteiger partial charge in [-0.3, -0.25) is 0 Å². The Morgan fingerprint density at radius 1 is 1.33 bits per heavy atom. The minimum atomic E-state index is 0.615. The number of rotatable bonds is 5. The predicted octanol–water partition coefficient (Wildman–Crippen LogP) is 2.75. The van der Waals surface area contributed by atoms with Crippen LogP contribution < -0.4 is 5.32 Å². The van der Waals surface area contributed by atoms with E-state index in [0.29, 0.717) is 6.04 Å². The molecular formula is C13H22N2. The van der Waals surface area contributed by atoms with Crippen LogP contribution in [0.1, 0.15) is 19.4 Å². The van der Waals surface area contributed by atoms with Gasteiger partial charge in [0.1, 0.15) is 0 Å². The van der Waals surface area contributed by atoms with Gasteiger partial charge in [0.05, 0.1) is 0 Å². The molecule has 0 unspecified atom stereocenters. The van der Waals surface area contributed by atoms with Crippen LogP contribution in [0.25, 0.3) is 0 Å². The van der Waals surface area contributed by atoms with Crippen LogP contribution in [-0.2, 0) is 0 Å². The van der Waals surface area contributed by atoms with Crippen LogP contribution in [-0.4, -0.2) is 31.1 Å². The molecule has 1 aromatic carbocycles. The molecule has 15 heavy (non-hydrogen) atoms. The Bertz CT molecular complexity index is 294. The average molecular weight is 206 g/mol. The lowest BCUT2D eigenvalue weighted by atomic mass is 10.2. The highest BCUT2D eigenvalue weighted by Gasteiger charge is 2.01. The fraction of sp³-hybridized carbons (Fsp3) is 0.538. The van der Waals surface area contributed by atoms with Crippen molar-refractivity contribution in [3.8, 4) is 0 Å². The van der Waals surface area contributed by atoms with Crippen LogP contribution in [0.15, 0.2) is 24.3 Å². The number of benzene rings is 1. The topological polar surface area (TPSA) is 15.3 Å². The summed E-state index contributed by atoms with van der Waals surface area (Å²) in [6, 6.07) is 9.11. The van der Waals surface area contributed by atoms with E-state index >= 15 is 0 Å². The van der Waals surface area contributed by atoms with Gasteiger partial charge in [-0.2, -0.15) is 0 Å². The SMILES string of the molecule is Cc1cccc(NCCN(C)C(C)C)c1. The lowest BCUT2D eigenvalue weighted by Gasteiger charge is -2.21. The third-order valence-corrected chi connectivity index (χ3v) is 2.69. The Hall–Kier alpha value is -1.02. The van der Waals surface area contributed by atoms with E-state index in [2.05, 4.69) is 62.3 Å². The van der Waals surface area contributed by atoms with Crippen molar-refractivity contribution in [2.75, 3.05) is 25.5 Å². The summed E-state index contributed by atoms with van der Waals surface area (Å²) < 4.78 is 0. The summed E-state index contributed by atoms with van der Waals surface area (Å²) in [5, 5.41) is 3.43. The first-order chi connectivity index (χ1) is 7.09. The lowest BCUT2D eigenvalue weighted by Crippen LogP contribution is -2.31. The first-order valence-electron chi connectivity index (χ1n) is 5.60. The molecule has 0 aliphatic rings. The first kappa shape index (κ1) is 12.1. The van der Waals surface area contributed by atoms with E-state index in [1.165, 1.54) is 11.3 Å². The maximum Gasteiger partial charge on any atom is 0.0343 e. The van der Waals surface area contributed by atoms with Gasteiger partial charge >= 0.3 is 0 Å². The number of likely N-dealkylation sites (N-methyl/N-ethyl adjacent to an activating group) is 1. The zero-order valence-electron chi connectivity index (χ0n) is 10.2. The van der Waals surface area contributed by atoms with E-state index in [1.54, 1.807) is 0 Å². The van der Waals surface area contributed by atoms with Crippen LogP contribution in [0.4, 0.5) is 5.69 Å². The molecule has 0 fully saturated rings. The van der Waals surface area contributed by atoms with Gasteiger partial charge in [-0.05, 0) is 45.5 Å². The summed E-state index contributed by atoms with van der Waals surface area (Å²) in [5.74, 6) is 0. The quantitative estimate of drug-likeness (QED) is 0.797. The molecule has 1 rings (SSSR count). The van der Waals surface area contributed by atoms with Crippen molar-refractivity contribution in [1.29, 1.82) is 0 Å². The molecule has 0 heterocycles. The van der Waals surface area contributed by atoms with E-state index < -0.39 is 0 Å². The smallest absolute Gasteiger partial charge is 0.0343 e.